The van der Waals surface area contributed by atoms with Crippen LogP contribution in [0.3, 0.4) is 0 Å². The Morgan fingerprint density at radius 2 is 1.83 bits per heavy atom. The van der Waals surface area contributed by atoms with E-state index in [0.29, 0.717) is 5.02 Å². The number of likely N-dealkylation sites (N-methyl/N-ethyl adjacent to an activating group) is 1. The van der Waals surface area contributed by atoms with E-state index in [4.69, 9.17) is 20.9 Å². The summed E-state index contributed by atoms with van der Waals surface area (Å²) in [5.74, 6) is -0.568. The molecule has 2 N–H and O–H groups in total. The van der Waals surface area contributed by atoms with Crippen LogP contribution in [0.2, 0.25) is 5.02 Å². The fraction of sp³-hybridized carbons (Fsp3) is 0.407. The number of rotatable bonds is 9. The van der Waals surface area contributed by atoms with Crippen LogP contribution in [-0.4, -0.2) is 81.1 Å². The first-order valence-electron chi connectivity index (χ1n) is 13.1. The molecule has 3 atom stereocenters. The number of fused-ring (bicyclic) bond motifs is 1. The Hall–Kier alpha value is -3.17. The third-order valence-electron chi connectivity index (χ3n) is 7.11. The topological polar surface area (TPSA) is 159 Å². The molecule has 2 aromatic carbocycles. The van der Waals surface area contributed by atoms with Gasteiger partial charge in [-0.2, -0.15) is 4.31 Å². The minimum atomic E-state index is -4.10. The number of carbonyl (C=O) groups is 1. The summed E-state index contributed by atoms with van der Waals surface area (Å²) in [5.41, 5.74) is 0.326. The van der Waals surface area contributed by atoms with Gasteiger partial charge in [0.15, 0.2) is 10.7 Å². The Balaban J connectivity index is 1.69. The van der Waals surface area contributed by atoms with E-state index >= 15 is 0 Å². The number of aliphatic hydroxyl groups is 1. The minimum absolute atomic E-state index is 0.0503. The van der Waals surface area contributed by atoms with Crippen molar-refractivity contribution in [1.82, 2.24) is 14.4 Å². The Morgan fingerprint density at radius 1 is 1.17 bits per heavy atom. The summed E-state index contributed by atoms with van der Waals surface area (Å²) in [7, 11) is -6.56. The largest absolute Gasteiger partial charge is 0.488 e. The van der Waals surface area contributed by atoms with Gasteiger partial charge >= 0.3 is 0 Å². The molecule has 1 amide bonds. The number of hydrogen-bond donors (Lipinski definition) is 2. The molecule has 42 heavy (non-hydrogen) atoms. The van der Waals surface area contributed by atoms with Gasteiger partial charge in [0.05, 0.1) is 29.7 Å². The van der Waals surface area contributed by atoms with Crippen LogP contribution in [0.4, 0.5) is 5.69 Å². The van der Waals surface area contributed by atoms with E-state index in [9.17, 15) is 26.7 Å². The van der Waals surface area contributed by atoms with Crippen LogP contribution in [0.15, 0.2) is 56.8 Å². The van der Waals surface area contributed by atoms with Crippen LogP contribution in [0.5, 0.6) is 5.75 Å². The van der Waals surface area contributed by atoms with Crippen LogP contribution in [-0.2, 0) is 20.0 Å². The fourth-order valence-corrected chi connectivity index (χ4v) is 7.40. The highest BCUT2D eigenvalue weighted by Gasteiger charge is 2.36. The third kappa shape index (κ3) is 6.42. The molecule has 3 aromatic rings. The average molecular weight is 641 g/mol. The molecule has 0 bridgehead atoms. The van der Waals surface area contributed by atoms with E-state index in [0.717, 1.165) is 0 Å². The molecule has 1 aliphatic rings. The molecule has 228 valence electrons. The lowest BCUT2D eigenvalue weighted by molar-refractivity contribution is 0.0387. The maximum Gasteiger partial charge on any atom is 0.267 e. The second-order valence-corrected chi connectivity index (χ2v) is 14.4. The van der Waals surface area contributed by atoms with Crippen molar-refractivity contribution in [2.45, 2.75) is 49.6 Å². The zero-order chi connectivity index (χ0) is 31.0. The van der Waals surface area contributed by atoms with Gasteiger partial charge in [-0.05, 0) is 63.2 Å². The van der Waals surface area contributed by atoms with Crippen molar-refractivity contribution in [2.75, 3.05) is 31.5 Å². The molecule has 0 saturated heterocycles. The first kappa shape index (κ1) is 31.8. The molecule has 2 heterocycles. The Kier molecular flexibility index (Phi) is 9.23. The molecular formula is C27H33ClN4O8S2. The minimum Gasteiger partial charge on any atom is -0.488 e. The van der Waals surface area contributed by atoms with Crippen LogP contribution >= 0.6 is 11.6 Å². The molecule has 15 heteroatoms. The van der Waals surface area contributed by atoms with Gasteiger partial charge in [0.25, 0.3) is 15.9 Å². The lowest BCUT2D eigenvalue weighted by Crippen LogP contribution is -2.50. The number of halogens is 1. The van der Waals surface area contributed by atoms with E-state index < -0.39 is 38.1 Å². The van der Waals surface area contributed by atoms with Gasteiger partial charge in [0, 0.05) is 30.2 Å². The third-order valence-corrected chi connectivity index (χ3v) is 10.8. The van der Waals surface area contributed by atoms with Crippen molar-refractivity contribution < 1.29 is 36.0 Å². The molecule has 0 saturated carbocycles. The van der Waals surface area contributed by atoms with Gasteiger partial charge < -0.3 is 19.3 Å². The smallest absolute Gasteiger partial charge is 0.267 e. The highest BCUT2D eigenvalue weighted by molar-refractivity contribution is 7.92. The number of hydrogen-bond acceptors (Lipinski definition) is 9. The van der Waals surface area contributed by atoms with Crippen molar-refractivity contribution in [3.8, 4) is 5.75 Å². The summed E-state index contributed by atoms with van der Waals surface area (Å²) in [6.45, 7) is 6.27. The molecule has 1 aromatic heterocycles. The monoisotopic (exact) mass is 640 g/mol. The predicted molar refractivity (Wildman–Crippen MR) is 156 cm³/mol. The summed E-state index contributed by atoms with van der Waals surface area (Å²) in [5, 5.41) is 14.0. The average Bonchev–Trinajstić information content (AvgIpc) is 3.28. The van der Waals surface area contributed by atoms with Crippen LogP contribution < -0.4 is 9.46 Å². The number of sulfonamides is 2. The number of aryl methyl sites for hydroxylation is 2. The van der Waals surface area contributed by atoms with Gasteiger partial charge in [0.1, 0.15) is 17.5 Å². The number of carbonyl (C=O) groups excluding carboxylic acids is 1. The summed E-state index contributed by atoms with van der Waals surface area (Å²) in [4.78, 5) is 15.1. The normalized spacial score (nSPS) is 18.7. The summed E-state index contributed by atoms with van der Waals surface area (Å²) < 4.78 is 67.6. The van der Waals surface area contributed by atoms with E-state index in [1.807, 2.05) is 6.92 Å². The first-order valence-corrected chi connectivity index (χ1v) is 16.4. The number of aliphatic hydroxyl groups excluding tert-OH is 1. The van der Waals surface area contributed by atoms with E-state index in [1.54, 1.807) is 6.92 Å². The van der Waals surface area contributed by atoms with Crippen molar-refractivity contribution in [1.29, 1.82) is 0 Å². The SMILES string of the molecule is Cc1noc(C)c1S(=O)(=O)Nc1ccc2c(c1)C(=O)N([C@@H](C)CO)C[C@@H](C)[C@H](CN(C)S(=O)(=O)c1ccc(Cl)cc1)O2. The quantitative estimate of drug-likeness (QED) is 0.358. The molecule has 4 rings (SSSR count). The van der Waals surface area contributed by atoms with E-state index in [1.165, 1.54) is 72.6 Å². The number of benzene rings is 2. The predicted octanol–water partition coefficient (Wildman–Crippen LogP) is 3.29. The van der Waals surface area contributed by atoms with Gasteiger partial charge in [-0.25, -0.2) is 16.8 Å². The highest BCUT2D eigenvalue weighted by atomic mass is 35.5. The number of nitrogens with one attached hydrogen (secondary N) is 1. The van der Waals surface area contributed by atoms with Gasteiger partial charge in [-0.15, -0.1) is 0 Å². The summed E-state index contributed by atoms with van der Waals surface area (Å²) >= 11 is 5.92. The lowest BCUT2D eigenvalue weighted by atomic mass is 9.99. The summed E-state index contributed by atoms with van der Waals surface area (Å²) in [6.07, 6.45) is -0.706. The number of aromatic nitrogens is 1. The molecule has 0 radical (unpaired) electrons. The Morgan fingerprint density at radius 3 is 2.43 bits per heavy atom. The first-order chi connectivity index (χ1) is 19.6. The number of anilines is 1. The maximum absolute atomic E-state index is 13.7. The molecule has 1 aliphatic heterocycles. The molecule has 12 nitrogen and oxygen atoms in total. The van der Waals surface area contributed by atoms with Crippen molar-refractivity contribution >= 4 is 43.2 Å². The number of nitrogens with zero attached hydrogens (tertiary/aromatic N) is 3. The van der Waals surface area contributed by atoms with Crippen molar-refractivity contribution in [3.05, 3.63) is 64.5 Å². The second-order valence-electron chi connectivity index (χ2n) is 10.3. The number of ether oxygens (including phenoxy) is 1. The standard InChI is InChI=1S/C27H33ClN4O8S2/c1-16-13-32(17(2)15-33)27(34)23-12-21(30-41(35,36)26-18(3)29-40-19(26)4)8-11-24(23)39-25(16)14-31(5)42(37,38)22-9-6-20(28)7-10-22/h6-12,16-17,25,30,33H,13-15H2,1-5H3/t16-,17+,25+/m1/s1. The Bertz CT molecular complexity index is 1660. The molecule has 0 fully saturated rings. The zero-order valence-corrected chi connectivity index (χ0v) is 26.1. The van der Waals surface area contributed by atoms with Gasteiger partial charge in [0.2, 0.25) is 10.0 Å². The Labute approximate surface area is 250 Å². The molecule has 0 unspecified atom stereocenters. The lowest BCUT2D eigenvalue weighted by Gasteiger charge is -2.38. The van der Waals surface area contributed by atoms with Crippen LogP contribution in [0.1, 0.15) is 35.7 Å². The molecular weight excluding hydrogens is 608 g/mol. The van der Waals surface area contributed by atoms with Crippen LogP contribution in [0.25, 0.3) is 0 Å². The molecule has 0 spiro atoms. The van der Waals surface area contributed by atoms with Crippen LogP contribution in [0, 0.1) is 19.8 Å². The van der Waals surface area contributed by atoms with Gasteiger partial charge in [-0.3, -0.25) is 9.52 Å². The fourth-order valence-electron chi connectivity index (χ4n) is 4.71. The van der Waals surface area contributed by atoms with E-state index in [-0.39, 0.29) is 63.9 Å². The highest BCUT2D eigenvalue weighted by Crippen LogP contribution is 2.32. The van der Waals surface area contributed by atoms with Gasteiger partial charge in [-0.1, -0.05) is 23.7 Å². The number of amides is 1. The molecule has 0 aliphatic carbocycles. The second kappa shape index (κ2) is 12.2. The maximum atomic E-state index is 13.7. The van der Waals surface area contributed by atoms with Crippen molar-refractivity contribution in [2.24, 2.45) is 5.92 Å². The van der Waals surface area contributed by atoms with E-state index in [2.05, 4.69) is 9.88 Å². The summed E-state index contributed by atoms with van der Waals surface area (Å²) in [6, 6.07) is 9.49. The van der Waals surface area contributed by atoms with Crippen molar-refractivity contribution in [3.63, 3.8) is 0 Å². The zero-order valence-electron chi connectivity index (χ0n) is 23.7.